The van der Waals surface area contributed by atoms with Crippen LogP contribution in [0, 0.1) is 12.8 Å². The Morgan fingerprint density at radius 3 is 2.92 bits per heavy atom. The summed E-state index contributed by atoms with van der Waals surface area (Å²) in [6, 6.07) is 5.62. The second-order valence-corrected chi connectivity index (χ2v) is 6.80. The molecule has 1 fully saturated rings. The highest BCUT2D eigenvalue weighted by molar-refractivity contribution is 5.89. The predicted molar refractivity (Wildman–Crippen MR) is 100 cm³/mol. The molecule has 1 aromatic rings. The fraction of sp³-hybridized carbons (Fsp3) is 0.632. The van der Waals surface area contributed by atoms with Gasteiger partial charge in [-0.15, -0.1) is 0 Å². The Balaban J connectivity index is 1.85. The summed E-state index contributed by atoms with van der Waals surface area (Å²) in [6.45, 7) is 6.62. The van der Waals surface area contributed by atoms with Crippen molar-refractivity contribution in [2.24, 2.45) is 5.92 Å². The van der Waals surface area contributed by atoms with Crippen LogP contribution in [-0.2, 0) is 4.74 Å². The lowest BCUT2D eigenvalue weighted by Crippen LogP contribution is -2.43. The van der Waals surface area contributed by atoms with Gasteiger partial charge in [-0.1, -0.05) is 6.07 Å². The number of carbonyl (C=O) groups excluding carboxylic acids is 1. The summed E-state index contributed by atoms with van der Waals surface area (Å²) >= 11 is 0. The standard InChI is InChI=1S/C19H31N3O3/c1-15-7-8-17(12-18(15)25-4)20-19(23)21(2)13-16-6-5-9-22(14-16)10-11-24-3/h7-8,12,16H,5-6,9-11,13-14H2,1-4H3,(H,20,23). The van der Waals surface area contributed by atoms with E-state index < -0.39 is 0 Å². The number of methoxy groups -OCH3 is 2. The fourth-order valence-corrected chi connectivity index (χ4v) is 3.31. The number of carbonyl (C=O) groups is 1. The van der Waals surface area contributed by atoms with Gasteiger partial charge in [-0.2, -0.15) is 0 Å². The van der Waals surface area contributed by atoms with Gasteiger partial charge in [0.1, 0.15) is 5.75 Å². The number of hydrogen-bond acceptors (Lipinski definition) is 4. The van der Waals surface area contributed by atoms with Gasteiger partial charge in [-0.25, -0.2) is 4.79 Å². The molecule has 1 unspecified atom stereocenters. The number of nitrogens with zero attached hydrogens (tertiary/aromatic N) is 2. The minimum absolute atomic E-state index is 0.0834. The molecule has 0 radical (unpaired) electrons. The molecule has 0 saturated carbocycles. The molecule has 1 saturated heterocycles. The lowest BCUT2D eigenvalue weighted by Gasteiger charge is -2.34. The molecule has 0 bridgehead atoms. The van der Waals surface area contributed by atoms with Crippen LogP contribution in [0.25, 0.3) is 0 Å². The minimum atomic E-state index is -0.0834. The van der Waals surface area contributed by atoms with Gasteiger partial charge in [-0.05, 0) is 43.9 Å². The summed E-state index contributed by atoms with van der Waals surface area (Å²) in [5.74, 6) is 1.29. The van der Waals surface area contributed by atoms with E-state index in [0.717, 1.165) is 49.8 Å². The minimum Gasteiger partial charge on any atom is -0.496 e. The first kappa shape index (κ1) is 19.5. The van der Waals surface area contributed by atoms with Crippen LogP contribution in [0.3, 0.4) is 0 Å². The highest BCUT2D eigenvalue weighted by Gasteiger charge is 2.22. The molecule has 1 aliphatic heterocycles. The van der Waals surface area contributed by atoms with Crippen LogP contribution in [0.15, 0.2) is 18.2 Å². The number of aryl methyl sites for hydroxylation is 1. The Morgan fingerprint density at radius 2 is 2.20 bits per heavy atom. The Labute approximate surface area is 151 Å². The molecule has 2 amide bonds. The van der Waals surface area contributed by atoms with Gasteiger partial charge >= 0.3 is 6.03 Å². The molecule has 6 nitrogen and oxygen atoms in total. The Morgan fingerprint density at radius 1 is 1.40 bits per heavy atom. The molecule has 0 aromatic heterocycles. The van der Waals surface area contributed by atoms with E-state index in [1.807, 2.05) is 32.2 Å². The number of likely N-dealkylation sites (tertiary alicyclic amines) is 1. The summed E-state index contributed by atoms with van der Waals surface area (Å²) in [5, 5.41) is 2.95. The van der Waals surface area contributed by atoms with E-state index in [2.05, 4.69) is 10.2 Å². The molecule has 6 heteroatoms. The second kappa shape index (κ2) is 9.63. The number of rotatable bonds is 7. The van der Waals surface area contributed by atoms with Crippen LogP contribution < -0.4 is 10.1 Å². The molecular formula is C19H31N3O3. The van der Waals surface area contributed by atoms with Crippen LogP contribution in [0.1, 0.15) is 18.4 Å². The summed E-state index contributed by atoms with van der Waals surface area (Å²) in [4.78, 5) is 16.7. The van der Waals surface area contributed by atoms with Gasteiger partial charge in [0, 0.05) is 45.5 Å². The number of nitrogens with one attached hydrogen (secondary N) is 1. The third kappa shape index (κ3) is 5.90. The zero-order chi connectivity index (χ0) is 18.2. The molecule has 25 heavy (non-hydrogen) atoms. The van der Waals surface area contributed by atoms with Crippen molar-refractivity contribution in [3.05, 3.63) is 23.8 Å². The third-order valence-corrected chi connectivity index (χ3v) is 4.75. The predicted octanol–water partition coefficient (Wildman–Crippen LogP) is 2.83. The lowest BCUT2D eigenvalue weighted by molar-refractivity contribution is 0.106. The summed E-state index contributed by atoms with van der Waals surface area (Å²) in [7, 11) is 5.23. The number of benzene rings is 1. The summed E-state index contributed by atoms with van der Waals surface area (Å²) < 4.78 is 10.5. The molecule has 0 spiro atoms. The maximum atomic E-state index is 12.5. The number of ether oxygens (including phenoxy) is 2. The number of piperidine rings is 1. The first-order valence-corrected chi connectivity index (χ1v) is 8.91. The first-order chi connectivity index (χ1) is 12.0. The maximum Gasteiger partial charge on any atom is 0.321 e. The highest BCUT2D eigenvalue weighted by Crippen LogP contribution is 2.23. The van der Waals surface area contributed by atoms with Crippen molar-refractivity contribution in [3.63, 3.8) is 0 Å². The summed E-state index contributed by atoms with van der Waals surface area (Å²) in [6.07, 6.45) is 2.35. The molecule has 1 aromatic carbocycles. The zero-order valence-corrected chi connectivity index (χ0v) is 15.9. The van der Waals surface area contributed by atoms with Gasteiger partial charge in [0.2, 0.25) is 0 Å². The topological polar surface area (TPSA) is 54.0 Å². The lowest BCUT2D eigenvalue weighted by atomic mass is 9.97. The molecule has 140 valence electrons. The monoisotopic (exact) mass is 349 g/mol. The molecular weight excluding hydrogens is 318 g/mol. The third-order valence-electron chi connectivity index (χ3n) is 4.75. The van der Waals surface area contributed by atoms with Crippen LogP contribution in [0.2, 0.25) is 0 Å². The SMILES string of the molecule is COCCN1CCCC(CN(C)C(=O)Nc2ccc(C)c(OC)c2)C1. The first-order valence-electron chi connectivity index (χ1n) is 8.91. The van der Waals surface area contributed by atoms with Crippen molar-refractivity contribution >= 4 is 11.7 Å². The van der Waals surface area contributed by atoms with E-state index in [1.165, 1.54) is 12.8 Å². The smallest absolute Gasteiger partial charge is 0.321 e. The Kier molecular flexibility index (Phi) is 7.52. The largest absolute Gasteiger partial charge is 0.496 e. The van der Waals surface area contributed by atoms with Crippen molar-refractivity contribution in [1.82, 2.24) is 9.80 Å². The van der Waals surface area contributed by atoms with E-state index >= 15 is 0 Å². The van der Waals surface area contributed by atoms with Crippen molar-refractivity contribution in [1.29, 1.82) is 0 Å². The highest BCUT2D eigenvalue weighted by atomic mass is 16.5. The van der Waals surface area contributed by atoms with Crippen molar-refractivity contribution < 1.29 is 14.3 Å². The maximum absolute atomic E-state index is 12.5. The van der Waals surface area contributed by atoms with E-state index in [4.69, 9.17) is 9.47 Å². The van der Waals surface area contributed by atoms with Crippen LogP contribution >= 0.6 is 0 Å². The normalized spacial score (nSPS) is 18.0. The number of anilines is 1. The van der Waals surface area contributed by atoms with Crippen molar-refractivity contribution in [3.8, 4) is 5.75 Å². The molecule has 1 N–H and O–H groups in total. The number of amides is 2. The van der Waals surface area contributed by atoms with Crippen LogP contribution in [-0.4, -0.2) is 69.9 Å². The van der Waals surface area contributed by atoms with E-state index in [9.17, 15) is 4.79 Å². The second-order valence-electron chi connectivity index (χ2n) is 6.80. The van der Waals surface area contributed by atoms with Crippen molar-refractivity contribution in [2.75, 3.05) is 59.4 Å². The van der Waals surface area contributed by atoms with E-state index in [-0.39, 0.29) is 6.03 Å². The Hall–Kier alpha value is -1.79. The molecule has 1 heterocycles. The number of hydrogen-bond donors (Lipinski definition) is 1. The average molecular weight is 349 g/mol. The van der Waals surface area contributed by atoms with Crippen LogP contribution in [0.4, 0.5) is 10.5 Å². The molecule has 0 aliphatic carbocycles. The van der Waals surface area contributed by atoms with Gasteiger partial charge in [-0.3, -0.25) is 0 Å². The van der Waals surface area contributed by atoms with E-state index in [1.54, 1.807) is 19.1 Å². The molecule has 1 atom stereocenters. The van der Waals surface area contributed by atoms with Gasteiger partial charge in [0.15, 0.2) is 0 Å². The fourth-order valence-electron chi connectivity index (χ4n) is 3.31. The quantitative estimate of drug-likeness (QED) is 0.822. The van der Waals surface area contributed by atoms with Gasteiger partial charge in [0.25, 0.3) is 0 Å². The molecule has 1 aliphatic rings. The average Bonchev–Trinajstić information content (AvgIpc) is 2.61. The molecule has 2 rings (SSSR count). The van der Waals surface area contributed by atoms with Gasteiger partial charge in [0.05, 0.1) is 13.7 Å². The van der Waals surface area contributed by atoms with E-state index in [0.29, 0.717) is 5.92 Å². The summed E-state index contributed by atoms with van der Waals surface area (Å²) in [5.41, 5.74) is 1.80. The van der Waals surface area contributed by atoms with Crippen LogP contribution in [0.5, 0.6) is 5.75 Å². The van der Waals surface area contributed by atoms with Gasteiger partial charge < -0.3 is 24.6 Å². The Bertz CT molecular complexity index is 565. The van der Waals surface area contributed by atoms with Crippen molar-refractivity contribution in [2.45, 2.75) is 19.8 Å². The number of urea groups is 1. The zero-order valence-electron chi connectivity index (χ0n) is 15.9.